The molecule has 0 saturated carbocycles. The van der Waals surface area contributed by atoms with Gasteiger partial charge in [0.1, 0.15) is 0 Å². The Morgan fingerprint density at radius 1 is 1.40 bits per heavy atom. The molecule has 0 bridgehead atoms. The Labute approximate surface area is 94.3 Å². The zero-order valence-electron chi connectivity index (χ0n) is 8.90. The lowest BCUT2D eigenvalue weighted by atomic mass is 10.2. The predicted octanol–water partition coefficient (Wildman–Crippen LogP) is 2.82. The van der Waals surface area contributed by atoms with Gasteiger partial charge in [-0.15, -0.1) is 11.8 Å². The van der Waals surface area contributed by atoms with Gasteiger partial charge >= 0.3 is 5.97 Å². The molecule has 0 heterocycles. The summed E-state index contributed by atoms with van der Waals surface area (Å²) in [7, 11) is 1.37. The summed E-state index contributed by atoms with van der Waals surface area (Å²) in [6.07, 6.45) is 3.25. The molecule has 0 radical (unpaired) electrons. The van der Waals surface area contributed by atoms with Gasteiger partial charge in [0.25, 0.3) is 0 Å². The zero-order valence-corrected chi connectivity index (χ0v) is 9.71. The fourth-order valence-electron chi connectivity index (χ4n) is 0.991. The smallest absolute Gasteiger partial charge is 0.330 e. The summed E-state index contributed by atoms with van der Waals surface area (Å²) in [6, 6.07) is 8.30. The third kappa shape index (κ3) is 4.70. The van der Waals surface area contributed by atoms with Gasteiger partial charge in [-0.05, 0) is 19.1 Å². The Balaban J connectivity index is 2.35. The molecule has 0 atom stereocenters. The minimum absolute atomic E-state index is 0.306. The average molecular weight is 222 g/mol. The van der Waals surface area contributed by atoms with Crippen molar-refractivity contribution >= 4 is 17.7 Å². The highest BCUT2D eigenvalue weighted by atomic mass is 32.2. The van der Waals surface area contributed by atoms with Crippen LogP contribution in [0.3, 0.4) is 0 Å². The van der Waals surface area contributed by atoms with Gasteiger partial charge in [-0.2, -0.15) is 0 Å². The van der Waals surface area contributed by atoms with Gasteiger partial charge < -0.3 is 4.74 Å². The Morgan fingerprint density at radius 2 is 2.07 bits per heavy atom. The normalized spacial score (nSPS) is 10.5. The van der Waals surface area contributed by atoms with Crippen molar-refractivity contribution in [2.24, 2.45) is 0 Å². The number of thioether (sulfide) groups is 1. The average Bonchev–Trinajstić information content (AvgIpc) is 2.26. The third-order valence-corrected chi connectivity index (χ3v) is 2.79. The van der Waals surface area contributed by atoms with Gasteiger partial charge in [0.15, 0.2) is 0 Å². The van der Waals surface area contributed by atoms with Crippen LogP contribution in [0.25, 0.3) is 0 Å². The molecule has 0 aliphatic rings. The fourth-order valence-corrected chi connectivity index (χ4v) is 1.70. The van der Waals surface area contributed by atoms with Crippen molar-refractivity contribution in [3.8, 4) is 0 Å². The van der Waals surface area contributed by atoms with Gasteiger partial charge in [-0.25, -0.2) is 4.79 Å². The highest BCUT2D eigenvalue weighted by Crippen LogP contribution is 2.17. The summed E-state index contributed by atoms with van der Waals surface area (Å²) in [5, 5.41) is 0. The maximum Gasteiger partial charge on any atom is 0.330 e. The topological polar surface area (TPSA) is 26.3 Å². The summed E-state index contributed by atoms with van der Waals surface area (Å²) >= 11 is 1.69. The molecule has 0 spiro atoms. The van der Waals surface area contributed by atoms with Crippen LogP contribution in [-0.4, -0.2) is 18.8 Å². The van der Waals surface area contributed by atoms with Crippen LogP contribution < -0.4 is 0 Å². The van der Waals surface area contributed by atoms with Gasteiger partial charge in [0.05, 0.1) is 7.11 Å². The maximum atomic E-state index is 10.7. The van der Waals surface area contributed by atoms with E-state index >= 15 is 0 Å². The number of hydrogen-bond acceptors (Lipinski definition) is 3. The monoisotopic (exact) mass is 222 g/mol. The number of carbonyl (C=O) groups excluding carboxylic acids is 1. The minimum atomic E-state index is -0.306. The molecule has 0 aromatic heterocycles. The minimum Gasteiger partial charge on any atom is -0.466 e. The number of esters is 1. The van der Waals surface area contributed by atoms with E-state index in [0.29, 0.717) is 0 Å². The number of methoxy groups -OCH3 is 1. The van der Waals surface area contributed by atoms with Crippen LogP contribution in [-0.2, 0) is 9.53 Å². The van der Waals surface area contributed by atoms with Crippen molar-refractivity contribution in [2.75, 3.05) is 12.9 Å². The number of carbonyl (C=O) groups is 1. The molecule has 0 N–H and O–H groups in total. The standard InChI is InChI=1S/C12H14O2S/c1-10-5-7-11(8-6-10)15-9-3-4-12(13)14-2/h3-8H,9H2,1-2H3. The third-order valence-electron chi connectivity index (χ3n) is 1.82. The van der Waals surface area contributed by atoms with E-state index in [1.54, 1.807) is 17.8 Å². The lowest BCUT2D eigenvalue weighted by Crippen LogP contribution is -1.93. The van der Waals surface area contributed by atoms with Gasteiger partial charge in [0, 0.05) is 16.7 Å². The molecule has 2 nitrogen and oxygen atoms in total. The SMILES string of the molecule is COC(=O)C=CCSc1ccc(C)cc1. The molecule has 80 valence electrons. The van der Waals surface area contributed by atoms with Crippen molar-refractivity contribution in [2.45, 2.75) is 11.8 Å². The fraction of sp³-hybridized carbons (Fsp3) is 0.250. The molecule has 1 aromatic rings. The first-order valence-electron chi connectivity index (χ1n) is 4.66. The van der Waals surface area contributed by atoms with Gasteiger partial charge in [-0.1, -0.05) is 23.8 Å². The maximum absolute atomic E-state index is 10.7. The Bertz CT molecular complexity index is 341. The molecule has 0 fully saturated rings. The van der Waals surface area contributed by atoms with E-state index in [-0.39, 0.29) is 5.97 Å². The number of hydrogen-bond donors (Lipinski definition) is 0. The van der Waals surface area contributed by atoms with E-state index in [2.05, 4.69) is 35.9 Å². The first-order valence-corrected chi connectivity index (χ1v) is 5.65. The van der Waals surface area contributed by atoms with Crippen LogP contribution in [0.5, 0.6) is 0 Å². The molecule has 1 rings (SSSR count). The second-order valence-corrected chi connectivity index (χ2v) is 4.14. The molecule has 0 unspecified atom stereocenters. The summed E-state index contributed by atoms with van der Waals surface area (Å²) in [4.78, 5) is 12.0. The van der Waals surface area contributed by atoms with E-state index in [1.165, 1.54) is 23.6 Å². The summed E-state index contributed by atoms with van der Waals surface area (Å²) < 4.78 is 4.48. The van der Waals surface area contributed by atoms with Crippen molar-refractivity contribution < 1.29 is 9.53 Å². The zero-order chi connectivity index (χ0) is 11.1. The van der Waals surface area contributed by atoms with Gasteiger partial charge in [0.2, 0.25) is 0 Å². The van der Waals surface area contributed by atoms with E-state index in [0.717, 1.165) is 5.75 Å². The van der Waals surface area contributed by atoms with Crippen molar-refractivity contribution in [3.05, 3.63) is 42.0 Å². The Kier molecular flexibility index (Phi) is 4.98. The number of benzene rings is 1. The lowest BCUT2D eigenvalue weighted by Gasteiger charge is -1.98. The van der Waals surface area contributed by atoms with Crippen LogP contribution in [0.1, 0.15) is 5.56 Å². The summed E-state index contributed by atoms with van der Waals surface area (Å²) in [5.74, 6) is 0.470. The molecule has 0 saturated heterocycles. The Hall–Kier alpha value is -1.22. The molecular weight excluding hydrogens is 208 g/mol. The van der Waals surface area contributed by atoms with Crippen LogP contribution in [0.4, 0.5) is 0 Å². The first kappa shape index (κ1) is 11.9. The summed E-state index contributed by atoms with van der Waals surface area (Å²) in [6.45, 7) is 2.06. The lowest BCUT2D eigenvalue weighted by molar-refractivity contribution is -0.134. The molecule has 0 aliphatic heterocycles. The molecular formula is C12H14O2S. The highest BCUT2D eigenvalue weighted by molar-refractivity contribution is 7.99. The van der Waals surface area contributed by atoms with Crippen LogP contribution in [0.15, 0.2) is 41.3 Å². The second kappa shape index (κ2) is 6.30. The second-order valence-electron chi connectivity index (χ2n) is 3.05. The van der Waals surface area contributed by atoms with E-state index in [1.807, 2.05) is 0 Å². The number of aryl methyl sites for hydroxylation is 1. The predicted molar refractivity (Wildman–Crippen MR) is 63.1 cm³/mol. The summed E-state index contributed by atoms with van der Waals surface area (Å²) in [5.41, 5.74) is 1.25. The van der Waals surface area contributed by atoms with E-state index < -0.39 is 0 Å². The largest absolute Gasteiger partial charge is 0.466 e. The quantitative estimate of drug-likeness (QED) is 0.445. The molecule has 1 aromatic carbocycles. The molecule has 15 heavy (non-hydrogen) atoms. The van der Waals surface area contributed by atoms with Crippen molar-refractivity contribution in [1.82, 2.24) is 0 Å². The Morgan fingerprint density at radius 3 is 2.67 bits per heavy atom. The highest BCUT2D eigenvalue weighted by Gasteiger charge is 1.92. The van der Waals surface area contributed by atoms with Crippen molar-refractivity contribution in [3.63, 3.8) is 0 Å². The molecule has 0 amide bonds. The number of ether oxygens (including phenoxy) is 1. The van der Waals surface area contributed by atoms with E-state index in [4.69, 9.17) is 0 Å². The molecule has 0 aliphatic carbocycles. The van der Waals surface area contributed by atoms with Gasteiger partial charge in [-0.3, -0.25) is 0 Å². The number of rotatable bonds is 4. The molecule has 3 heteroatoms. The first-order chi connectivity index (χ1) is 7.22. The van der Waals surface area contributed by atoms with Crippen LogP contribution in [0, 0.1) is 6.92 Å². The van der Waals surface area contributed by atoms with Crippen LogP contribution in [0.2, 0.25) is 0 Å². The van der Waals surface area contributed by atoms with E-state index in [9.17, 15) is 4.79 Å². The van der Waals surface area contributed by atoms with Crippen LogP contribution >= 0.6 is 11.8 Å². The van der Waals surface area contributed by atoms with Crippen molar-refractivity contribution in [1.29, 1.82) is 0 Å².